The number of ether oxygens (including phenoxy) is 3. The highest BCUT2D eigenvalue weighted by Gasteiger charge is 2.44. The molecule has 182 valence electrons. The number of sulfonamides is 1. The summed E-state index contributed by atoms with van der Waals surface area (Å²) in [5.74, 6) is 0.603. The van der Waals surface area contributed by atoms with E-state index in [0.717, 1.165) is 17.4 Å². The number of benzene rings is 2. The van der Waals surface area contributed by atoms with E-state index in [9.17, 15) is 23.7 Å². The van der Waals surface area contributed by atoms with Crippen molar-refractivity contribution >= 4 is 21.6 Å². The van der Waals surface area contributed by atoms with Crippen LogP contribution >= 0.6 is 11.6 Å². The van der Waals surface area contributed by atoms with Crippen LogP contribution in [0.3, 0.4) is 0 Å². The molecule has 11 heteroatoms. The Morgan fingerprint density at radius 1 is 1.06 bits per heavy atom. The Hall–Kier alpha value is -1.76. The third kappa shape index (κ3) is 6.87. The molecule has 0 saturated carbocycles. The van der Waals surface area contributed by atoms with Gasteiger partial charge >= 0.3 is 0 Å². The van der Waals surface area contributed by atoms with E-state index in [1.54, 1.807) is 30.3 Å². The van der Waals surface area contributed by atoms with E-state index in [0.29, 0.717) is 22.8 Å². The standard InChI is InChI=1S/C22H28ClNO8S/c1-30-22-20(27)18(25)19(26)21(32-22)14-5-8-17(23)15(12-14)11-13-3-6-16(7-4-13)31-10-9-24-33(2,28)29/h3-8,12,18-22,24-27H,9-11H2,1-2H3. The lowest BCUT2D eigenvalue weighted by Crippen LogP contribution is -2.54. The van der Waals surface area contributed by atoms with Gasteiger partial charge in [-0.15, -0.1) is 0 Å². The maximum atomic E-state index is 11.1. The van der Waals surface area contributed by atoms with Crippen molar-refractivity contribution < 1.29 is 37.9 Å². The summed E-state index contributed by atoms with van der Waals surface area (Å²) < 4.78 is 40.7. The first-order valence-electron chi connectivity index (χ1n) is 10.3. The second-order valence-electron chi connectivity index (χ2n) is 7.82. The maximum absolute atomic E-state index is 11.1. The Morgan fingerprint density at radius 3 is 2.39 bits per heavy atom. The molecule has 2 aromatic rings. The van der Waals surface area contributed by atoms with E-state index < -0.39 is 40.7 Å². The van der Waals surface area contributed by atoms with Gasteiger partial charge < -0.3 is 29.5 Å². The number of hydrogen-bond donors (Lipinski definition) is 4. The van der Waals surface area contributed by atoms with E-state index in [2.05, 4.69) is 4.72 Å². The molecule has 33 heavy (non-hydrogen) atoms. The molecule has 5 unspecified atom stereocenters. The molecule has 5 atom stereocenters. The first-order chi connectivity index (χ1) is 15.6. The highest BCUT2D eigenvalue weighted by Crippen LogP contribution is 2.34. The lowest BCUT2D eigenvalue weighted by atomic mass is 9.92. The molecule has 9 nitrogen and oxygen atoms in total. The van der Waals surface area contributed by atoms with Crippen molar-refractivity contribution in [2.75, 3.05) is 26.5 Å². The van der Waals surface area contributed by atoms with Gasteiger partial charge in [0.2, 0.25) is 10.0 Å². The van der Waals surface area contributed by atoms with Crippen molar-refractivity contribution in [1.82, 2.24) is 4.72 Å². The van der Waals surface area contributed by atoms with Gasteiger partial charge in [-0.25, -0.2) is 13.1 Å². The SMILES string of the molecule is COC1OC(c2ccc(Cl)c(Cc3ccc(OCCNS(C)(=O)=O)cc3)c2)C(O)C(O)C1O. The predicted octanol–water partition coefficient (Wildman–Crippen LogP) is 0.985. The fourth-order valence-corrected chi connectivity index (χ4v) is 4.18. The Morgan fingerprint density at radius 2 is 1.76 bits per heavy atom. The number of halogens is 1. The minimum absolute atomic E-state index is 0.174. The number of nitrogens with one attached hydrogen (secondary N) is 1. The van der Waals surface area contributed by atoms with E-state index in [-0.39, 0.29) is 13.2 Å². The van der Waals surface area contributed by atoms with Crippen molar-refractivity contribution in [1.29, 1.82) is 0 Å². The average Bonchev–Trinajstić information content (AvgIpc) is 2.77. The molecule has 2 aromatic carbocycles. The molecule has 3 rings (SSSR count). The summed E-state index contributed by atoms with van der Waals surface area (Å²) in [5.41, 5.74) is 2.32. The first-order valence-corrected chi connectivity index (χ1v) is 12.5. The van der Waals surface area contributed by atoms with Crippen LogP contribution in [0, 0.1) is 0 Å². The normalized spacial score (nSPS) is 25.7. The topological polar surface area (TPSA) is 135 Å². The molecule has 1 heterocycles. The van der Waals surface area contributed by atoms with Gasteiger partial charge in [0, 0.05) is 18.7 Å². The van der Waals surface area contributed by atoms with Crippen molar-refractivity contribution in [2.24, 2.45) is 0 Å². The Kier molecular flexibility index (Phi) is 8.70. The van der Waals surface area contributed by atoms with Crippen LogP contribution in [0.2, 0.25) is 5.02 Å². The molecule has 0 amide bonds. The highest BCUT2D eigenvalue weighted by molar-refractivity contribution is 7.88. The van der Waals surface area contributed by atoms with E-state index >= 15 is 0 Å². The third-order valence-corrected chi connectivity index (χ3v) is 6.35. The van der Waals surface area contributed by atoms with Gasteiger partial charge in [0.1, 0.15) is 36.8 Å². The molecule has 0 spiro atoms. The summed E-state index contributed by atoms with van der Waals surface area (Å²) in [6.07, 6.45) is -4.53. The Labute approximate surface area is 197 Å². The van der Waals surface area contributed by atoms with Gasteiger partial charge in [-0.05, 0) is 41.3 Å². The van der Waals surface area contributed by atoms with Crippen LogP contribution < -0.4 is 9.46 Å². The van der Waals surface area contributed by atoms with Gasteiger partial charge in [-0.3, -0.25) is 0 Å². The fourth-order valence-electron chi connectivity index (χ4n) is 3.54. The second-order valence-corrected chi connectivity index (χ2v) is 10.1. The molecule has 0 radical (unpaired) electrons. The molecule has 4 N–H and O–H groups in total. The van der Waals surface area contributed by atoms with Crippen LogP contribution in [0.25, 0.3) is 0 Å². The quantitative estimate of drug-likeness (QED) is 0.374. The van der Waals surface area contributed by atoms with E-state index in [1.165, 1.54) is 7.11 Å². The van der Waals surface area contributed by atoms with Gasteiger partial charge in [0.15, 0.2) is 6.29 Å². The van der Waals surface area contributed by atoms with Crippen LogP contribution in [-0.4, -0.2) is 74.9 Å². The van der Waals surface area contributed by atoms with Crippen LogP contribution in [-0.2, 0) is 25.9 Å². The minimum Gasteiger partial charge on any atom is -0.492 e. The zero-order chi connectivity index (χ0) is 24.2. The highest BCUT2D eigenvalue weighted by atomic mass is 35.5. The van der Waals surface area contributed by atoms with Crippen LogP contribution in [0.15, 0.2) is 42.5 Å². The molecule has 1 aliphatic heterocycles. The Balaban J connectivity index is 1.67. The maximum Gasteiger partial charge on any atom is 0.208 e. The van der Waals surface area contributed by atoms with Crippen LogP contribution in [0.1, 0.15) is 22.8 Å². The molecule has 1 saturated heterocycles. The Bertz CT molecular complexity index is 1030. The molecular weight excluding hydrogens is 474 g/mol. The summed E-state index contributed by atoms with van der Waals surface area (Å²) in [4.78, 5) is 0. The summed E-state index contributed by atoms with van der Waals surface area (Å²) >= 11 is 6.38. The number of hydrogen-bond acceptors (Lipinski definition) is 8. The molecule has 0 bridgehead atoms. The number of aliphatic hydroxyl groups is 3. The molecule has 1 aliphatic rings. The second kappa shape index (κ2) is 11.1. The monoisotopic (exact) mass is 501 g/mol. The number of rotatable bonds is 9. The van der Waals surface area contributed by atoms with Crippen molar-refractivity contribution in [3.05, 3.63) is 64.2 Å². The van der Waals surface area contributed by atoms with E-state index in [4.69, 9.17) is 25.8 Å². The zero-order valence-corrected chi connectivity index (χ0v) is 19.8. The largest absolute Gasteiger partial charge is 0.492 e. The van der Waals surface area contributed by atoms with Crippen molar-refractivity contribution in [3.8, 4) is 5.75 Å². The van der Waals surface area contributed by atoms with Gasteiger partial charge in [0.25, 0.3) is 0 Å². The first kappa shape index (κ1) is 25.9. The fraction of sp³-hybridized carbons (Fsp3) is 0.455. The van der Waals surface area contributed by atoms with Crippen LogP contribution in [0.5, 0.6) is 5.75 Å². The average molecular weight is 502 g/mol. The summed E-state index contributed by atoms with van der Waals surface area (Å²) in [5, 5.41) is 31.1. The number of aliphatic hydroxyl groups excluding tert-OH is 3. The predicted molar refractivity (Wildman–Crippen MR) is 122 cm³/mol. The van der Waals surface area contributed by atoms with Crippen molar-refractivity contribution in [3.63, 3.8) is 0 Å². The van der Waals surface area contributed by atoms with Crippen LogP contribution in [0.4, 0.5) is 0 Å². The van der Waals surface area contributed by atoms with Gasteiger partial charge in [-0.2, -0.15) is 0 Å². The lowest BCUT2D eigenvalue weighted by molar-refractivity contribution is -0.292. The zero-order valence-electron chi connectivity index (χ0n) is 18.2. The molecular formula is C22H28ClNO8S. The van der Waals surface area contributed by atoms with E-state index in [1.807, 2.05) is 12.1 Å². The summed E-state index contributed by atoms with van der Waals surface area (Å²) in [6.45, 7) is 0.376. The smallest absolute Gasteiger partial charge is 0.208 e. The third-order valence-electron chi connectivity index (χ3n) is 5.25. The van der Waals surface area contributed by atoms with Crippen molar-refractivity contribution in [2.45, 2.75) is 37.1 Å². The van der Waals surface area contributed by atoms with Gasteiger partial charge in [0.05, 0.1) is 6.26 Å². The molecule has 1 fully saturated rings. The molecule has 0 aromatic heterocycles. The number of methoxy groups -OCH3 is 1. The summed E-state index contributed by atoms with van der Waals surface area (Å²) in [6, 6.07) is 12.5. The van der Waals surface area contributed by atoms with Gasteiger partial charge in [-0.1, -0.05) is 35.9 Å². The molecule has 0 aliphatic carbocycles. The minimum atomic E-state index is -3.25. The summed E-state index contributed by atoms with van der Waals surface area (Å²) in [7, 11) is -1.90. The lowest BCUT2D eigenvalue weighted by Gasteiger charge is -2.40.